The van der Waals surface area contributed by atoms with Crippen LogP contribution in [0.4, 0.5) is 24.9 Å². The molecule has 4 aromatic rings. The topological polar surface area (TPSA) is 120 Å². The maximum absolute atomic E-state index is 13.6. The van der Waals surface area contributed by atoms with Crippen molar-refractivity contribution in [3.63, 3.8) is 0 Å². The molecule has 12 heteroatoms. The zero-order valence-electron chi connectivity index (χ0n) is 20.3. The van der Waals surface area contributed by atoms with Gasteiger partial charge in [-0.25, -0.2) is 9.98 Å². The molecule has 0 atom stereocenters. The number of amidine groups is 1. The van der Waals surface area contributed by atoms with Crippen LogP contribution in [0.1, 0.15) is 16.8 Å². The molecular weight excluding hydrogens is 485 g/mol. The van der Waals surface area contributed by atoms with Crippen molar-refractivity contribution >= 4 is 28.5 Å². The Kier molecular flexibility index (Phi) is 6.20. The van der Waals surface area contributed by atoms with E-state index in [0.29, 0.717) is 47.0 Å². The quantitative estimate of drug-likeness (QED) is 0.310. The Labute approximate surface area is 210 Å². The summed E-state index contributed by atoms with van der Waals surface area (Å²) in [4.78, 5) is 15.1. The number of nitrogen functional groups attached to an aromatic ring is 1. The van der Waals surface area contributed by atoms with Crippen LogP contribution in [0.3, 0.4) is 0 Å². The maximum atomic E-state index is 13.6. The average Bonchev–Trinajstić information content (AvgIpc) is 3.25. The lowest BCUT2D eigenvalue weighted by atomic mass is 9.94. The van der Waals surface area contributed by atoms with Gasteiger partial charge in [-0.2, -0.15) is 23.3 Å². The molecular formula is C25H25F3N8O. The van der Waals surface area contributed by atoms with Gasteiger partial charge in [0.25, 0.3) is 0 Å². The zero-order chi connectivity index (χ0) is 26.3. The molecule has 3 heterocycles. The normalized spacial score (nSPS) is 14.7. The van der Waals surface area contributed by atoms with Crippen molar-refractivity contribution in [2.75, 3.05) is 25.9 Å². The fourth-order valence-corrected chi connectivity index (χ4v) is 4.68. The average molecular weight is 511 g/mol. The number of hydrogen-bond donors (Lipinski definition) is 2. The Balaban J connectivity index is 1.40. The minimum absolute atomic E-state index is 0.0524. The molecule has 0 aliphatic carbocycles. The van der Waals surface area contributed by atoms with Crippen LogP contribution in [-0.2, 0) is 26.2 Å². The predicted octanol–water partition coefficient (Wildman–Crippen LogP) is 3.69. The van der Waals surface area contributed by atoms with Gasteiger partial charge < -0.3 is 16.2 Å². The number of para-hydroxylation sites is 1. The number of alkyl halides is 3. The Morgan fingerprint density at radius 1 is 1.16 bits per heavy atom. The fourth-order valence-electron chi connectivity index (χ4n) is 4.68. The van der Waals surface area contributed by atoms with Gasteiger partial charge in [-0.15, -0.1) is 0 Å². The molecule has 2 aromatic heterocycles. The van der Waals surface area contributed by atoms with Crippen molar-refractivity contribution in [3.8, 4) is 16.9 Å². The van der Waals surface area contributed by atoms with Gasteiger partial charge in [-0.05, 0) is 41.3 Å². The molecule has 9 nitrogen and oxygen atoms in total. The van der Waals surface area contributed by atoms with Crippen molar-refractivity contribution in [1.82, 2.24) is 24.6 Å². The van der Waals surface area contributed by atoms with E-state index >= 15 is 0 Å². The summed E-state index contributed by atoms with van der Waals surface area (Å²) in [7, 11) is 2.83. The lowest BCUT2D eigenvalue weighted by Gasteiger charge is -2.29. The molecule has 0 unspecified atom stereocenters. The maximum Gasteiger partial charge on any atom is 0.433 e. The Bertz CT molecular complexity index is 1510. The Morgan fingerprint density at radius 3 is 2.73 bits per heavy atom. The number of aromatic nitrogens is 4. The molecule has 0 spiro atoms. The van der Waals surface area contributed by atoms with Gasteiger partial charge in [-0.1, -0.05) is 18.2 Å². The number of rotatable bonds is 5. The first-order valence-corrected chi connectivity index (χ1v) is 11.5. The van der Waals surface area contributed by atoms with E-state index < -0.39 is 11.9 Å². The Morgan fingerprint density at radius 2 is 1.97 bits per heavy atom. The summed E-state index contributed by atoms with van der Waals surface area (Å²) in [6.45, 7) is 1.59. The van der Waals surface area contributed by atoms with E-state index in [2.05, 4.69) is 25.0 Å². The number of methoxy groups -OCH3 is 1. The first-order chi connectivity index (χ1) is 17.6. The van der Waals surface area contributed by atoms with E-state index in [4.69, 9.17) is 16.2 Å². The van der Waals surface area contributed by atoms with E-state index in [1.165, 1.54) is 13.2 Å². The van der Waals surface area contributed by atoms with Gasteiger partial charge in [0.15, 0.2) is 5.82 Å². The third-order valence-electron chi connectivity index (χ3n) is 6.36. The van der Waals surface area contributed by atoms with E-state index in [9.17, 15) is 13.2 Å². The van der Waals surface area contributed by atoms with Crippen molar-refractivity contribution in [2.45, 2.75) is 19.1 Å². The second kappa shape index (κ2) is 9.36. The minimum atomic E-state index is -4.51. The number of hydrogen-bond acceptors (Lipinski definition) is 7. The third-order valence-corrected chi connectivity index (χ3v) is 6.36. The standard InChI is InChI=1S/C25H25F3N8O/c1-35-22(25(26,27)28)18(11-31-35)15-7-6-14-8-9-36(12-16(14)10-15)13-20(29)32-23-17-4-3-5-19(37-2)21(17)33-24(30)34-23/h3-7,10-11H,8-9,12-13H2,1-2H3,(H4,29,30,32,33,34). The summed E-state index contributed by atoms with van der Waals surface area (Å²) in [6, 6.07) is 10.8. The summed E-state index contributed by atoms with van der Waals surface area (Å²) in [6.07, 6.45) is -2.52. The van der Waals surface area contributed by atoms with E-state index in [1.54, 1.807) is 25.3 Å². The molecule has 1 aliphatic rings. The number of aliphatic imine (C=N–C) groups is 1. The molecule has 37 heavy (non-hydrogen) atoms. The van der Waals surface area contributed by atoms with E-state index in [1.807, 2.05) is 18.2 Å². The molecule has 0 radical (unpaired) electrons. The van der Waals surface area contributed by atoms with Crippen molar-refractivity contribution in [2.24, 2.45) is 17.8 Å². The van der Waals surface area contributed by atoms with Gasteiger partial charge in [0, 0.05) is 31.1 Å². The lowest BCUT2D eigenvalue weighted by Crippen LogP contribution is -2.37. The first kappa shape index (κ1) is 24.5. The van der Waals surface area contributed by atoms with Gasteiger partial charge in [0.1, 0.15) is 22.8 Å². The highest BCUT2D eigenvalue weighted by Crippen LogP contribution is 2.37. The summed E-state index contributed by atoms with van der Waals surface area (Å²) < 4.78 is 47.0. The second-order valence-corrected chi connectivity index (χ2v) is 8.84. The molecule has 0 saturated heterocycles. The molecule has 2 aromatic carbocycles. The Hall–Kier alpha value is -4.19. The number of nitrogens with two attached hydrogens (primary N) is 2. The number of anilines is 1. The van der Waals surface area contributed by atoms with Crippen molar-refractivity contribution < 1.29 is 17.9 Å². The number of benzene rings is 2. The smallest absolute Gasteiger partial charge is 0.433 e. The summed E-state index contributed by atoms with van der Waals surface area (Å²) in [5.41, 5.74) is 14.5. The van der Waals surface area contributed by atoms with Crippen LogP contribution in [0, 0.1) is 0 Å². The largest absolute Gasteiger partial charge is 0.494 e. The summed E-state index contributed by atoms with van der Waals surface area (Å²) >= 11 is 0. The third kappa shape index (κ3) is 4.79. The van der Waals surface area contributed by atoms with Gasteiger partial charge in [0.2, 0.25) is 5.95 Å². The monoisotopic (exact) mass is 510 g/mol. The molecule has 192 valence electrons. The number of nitrogens with zero attached hydrogens (tertiary/aromatic N) is 6. The molecule has 4 N–H and O–H groups in total. The van der Waals surface area contributed by atoms with Gasteiger partial charge in [-0.3, -0.25) is 9.58 Å². The van der Waals surface area contributed by atoms with E-state index in [-0.39, 0.29) is 11.5 Å². The highest BCUT2D eigenvalue weighted by atomic mass is 19.4. The molecule has 5 rings (SSSR count). The highest BCUT2D eigenvalue weighted by molar-refractivity contribution is 5.96. The number of aryl methyl sites for hydroxylation is 1. The van der Waals surface area contributed by atoms with E-state index in [0.717, 1.165) is 28.8 Å². The molecule has 0 amide bonds. The molecule has 0 fully saturated rings. The highest BCUT2D eigenvalue weighted by Gasteiger charge is 2.37. The summed E-state index contributed by atoms with van der Waals surface area (Å²) in [5.74, 6) is 1.27. The van der Waals surface area contributed by atoms with Crippen LogP contribution < -0.4 is 16.2 Å². The van der Waals surface area contributed by atoms with Gasteiger partial charge >= 0.3 is 6.18 Å². The van der Waals surface area contributed by atoms with Crippen LogP contribution in [-0.4, -0.2) is 50.7 Å². The first-order valence-electron chi connectivity index (χ1n) is 11.5. The predicted molar refractivity (Wildman–Crippen MR) is 134 cm³/mol. The fraction of sp³-hybridized carbons (Fsp3) is 0.280. The van der Waals surface area contributed by atoms with Crippen molar-refractivity contribution in [3.05, 3.63) is 59.4 Å². The van der Waals surface area contributed by atoms with Crippen LogP contribution in [0.2, 0.25) is 0 Å². The molecule has 0 saturated carbocycles. The van der Waals surface area contributed by atoms with Crippen LogP contribution in [0.25, 0.3) is 22.0 Å². The minimum Gasteiger partial charge on any atom is -0.494 e. The number of fused-ring (bicyclic) bond motifs is 2. The number of halogens is 3. The van der Waals surface area contributed by atoms with Crippen LogP contribution in [0.15, 0.2) is 47.6 Å². The molecule has 0 bridgehead atoms. The van der Waals surface area contributed by atoms with Crippen LogP contribution >= 0.6 is 0 Å². The SMILES string of the molecule is COc1cccc2c(N=C(N)CN3CCc4ccc(-c5cnn(C)c5C(F)(F)F)cc4C3)nc(N)nc12. The lowest BCUT2D eigenvalue weighted by molar-refractivity contribution is -0.143. The number of ether oxygens (including phenoxy) is 1. The van der Waals surface area contributed by atoms with Crippen molar-refractivity contribution in [1.29, 1.82) is 0 Å². The van der Waals surface area contributed by atoms with Gasteiger partial charge in [0.05, 0.1) is 19.9 Å². The molecule has 1 aliphatic heterocycles. The van der Waals surface area contributed by atoms with Crippen LogP contribution in [0.5, 0.6) is 5.75 Å². The summed E-state index contributed by atoms with van der Waals surface area (Å²) in [5, 5.41) is 4.49. The zero-order valence-corrected chi connectivity index (χ0v) is 20.3. The second-order valence-electron chi connectivity index (χ2n) is 8.84.